The van der Waals surface area contributed by atoms with Crippen LogP contribution in [-0.2, 0) is 4.79 Å². The number of nitrogens with zero attached hydrogens (tertiary/aromatic N) is 1. The van der Waals surface area contributed by atoms with E-state index >= 15 is 0 Å². The summed E-state index contributed by atoms with van der Waals surface area (Å²) in [5.41, 5.74) is 0.403. The third kappa shape index (κ3) is 4.13. The fourth-order valence-electron chi connectivity index (χ4n) is 3.73. The van der Waals surface area contributed by atoms with Crippen molar-refractivity contribution < 1.29 is 19.4 Å². The molecule has 2 amide bonds. The molecule has 142 valence electrons. The molecule has 0 unspecified atom stereocenters. The van der Waals surface area contributed by atoms with Gasteiger partial charge in [0.25, 0.3) is 5.91 Å². The van der Waals surface area contributed by atoms with Gasteiger partial charge in [0.1, 0.15) is 5.75 Å². The van der Waals surface area contributed by atoms with Gasteiger partial charge in [0.2, 0.25) is 5.91 Å². The van der Waals surface area contributed by atoms with E-state index in [0.717, 1.165) is 25.9 Å². The van der Waals surface area contributed by atoms with E-state index < -0.39 is 12.1 Å². The van der Waals surface area contributed by atoms with Gasteiger partial charge in [0.15, 0.2) is 0 Å². The van der Waals surface area contributed by atoms with Gasteiger partial charge in [-0.25, -0.2) is 0 Å². The minimum Gasteiger partial charge on any atom is -0.492 e. The van der Waals surface area contributed by atoms with Gasteiger partial charge in [0, 0.05) is 24.6 Å². The highest BCUT2D eigenvalue weighted by molar-refractivity contribution is 6.32. The van der Waals surface area contributed by atoms with Crippen LogP contribution >= 0.6 is 11.6 Å². The van der Waals surface area contributed by atoms with Gasteiger partial charge in [-0.2, -0.15) is 0 Å². The number of carbonyl (C=O) groups is 2. The maximum atomic E-state index is 12.5. The van der Waals surface area contributed by atoms with E-state index in [0.29, 0.717) is 35.8 Å². The largest absolute Gasteiger partial charge is 0.492 e. The molecule has 1 aliphatic carbocycles. The van der Waals surface area contributed by atoms with Gasteiger partial charge >= 0.3 is 0 Å². The van der Waals surface area contributed by atoms with Crippen molar-refractivity contribution in [3.8, 4) is 5.75 Å². The molecule has 3 atom stereocenters. The van der Waals surface area contributed by atoms with Crippen LogP contribution in [0.2, 0.25) is 5.02 Å². The standard InChI is InChI=1S/C19H25ClN2O4/c1-2-26-17-6-5-12(9-14(17)20)18(24)21-15-10-13(11-16(15)23)19(25)22-7-3-4-8-22/h5-6,9,13,15-16,23H,2-4,7-8,10-11H2,1H3,(H,21,24)/t13-,15+,16+/m0/s1. The first kappa shape index (κ1) is 19.0. The van der Waals surface area contributed by atoms with E-state index in [1.54, 1.807) is 18.2 Å². The first-order chi connectivity index (χ1) is 12.5. The second kappa shape index (κ2) is 8.27. The zero-order valence-corrected chi connectivity index (χ0v) is 15.7. The monoisotopic (exact) mass is 380 g/mol. The van der Waals surface area contributed by atoms with Crippen LogP contribution in [0.5, 0.6) is 5.75 Å². The lowest BCUT2D eigenvalue weighted by Crippen LogP contribution is -2.40. The molecule has 1 heterocycles. The van der Waals surface area contributed by atoms with E-state index in [1.165, 1.54) is 0 Å². The predicted molar refractivity (Wildman–Crippen MR) is 98.4 cm³/mol. The van der Waals surface area contributed by atoms with Gasteiger partial charge in [-0.3, -0.25) is 9.59 Å². The van der Waals surface area contributed by atoms with E-state index in [-0.39, 0.29) is 17.7 Å². The molecule has 0 aromatic heterocycles. The first-order valence-corrected chi connectivity index (χ1v) is 9.57. The Hall–Kier alpha value is -1.79. The van der Waals surface area contributed by atoms with Gasteiger partial charge in [-0.15, -0.1) is 0 Å². The number of amides is 2. The number of aliphatic hydroxyl groups is 1. The Morgan fingerprint density at radius 2 is 2.04 bits per heavy atom. The molecule has 2 N–H and O–H groups in total. The average Bonchev–Trinajstić information content (AvgIpc) is 3.27. The molecule has 7 heteroatoms. The molecule has 2 fully saturated rings. The maximum Gasteiger partial charge on any atom is 0.251 e. The number of rotatable bonds is 5. The number of benzene rings is 1. The van der Waals surface area contributed by atoms with Crippen molar-refractivity contribution in [2.45, 2.75) is 44.8 Å². The maximum absolute atomic E-state index is 12.5. The van der Waals surface area contributed by atoms with E-state index in [4.69, 9.17) is 16.3 Å². The molecule has 1 aliphatic heterocycles. The van der Waals surface area contributed by atoms with Crippen molar-refractivity contribution in [1.82, 2.24) is 10.2 Å². The molecule has 26 heavy (non-hydrogen) atoms. The normalized spacial score (nSPS) is 25.3. The molecule has 0 spiro atoms. The smallest absolute Gasteiger partial charge is 0.251 e. The molecule has 1 aromatic rings. The Balaban J connectivity index is 1.60. The molecule has 2 aliphatic rings. The van der Waals surface area contributed by atoms with Crippen LogP contribution < -0.4 is 10.1 Å². The third-order valence-electron chi connectivity index (χ3n) is 5.11. The number of likely N-dealkylation sites (tertiary alicyclic amines) is 1. The molecule has 1 saturated heterocycles. The zero-order chi connectivity index (χ0) is 18.7. The molecule has 6 nitrogen and oxygen atoms in total. The lowest BCUT2D eigenvalue weighted by atomic mass is 10.1. The minimum atomic E-state index is -0.714. The highest BCUT2D eigenvalue weighted by atomic mass is 35.5. The van der Waals surface area contributed by atoms with Crippen molar-refractivity contribution in [3.63, 3.8) is 0 Å². The van der Waals surface area contributed by atoms with E-state index in [9.17, 15) is 14.7 Å². The molecule has 1 aromatic carbocycles. The molecule has 0 radical (unpaired) electrons. The Morgan fingerprint density at radius 3 is 2.69 bits per heavy atom. The van der Waals surface area contributed by atoms with Gasteiger partial charge in [-0.1, -0.05) is 11.6 Å². The Morgan fingerprint density at radius 1 is 1.31 bits per heavy atom. The lowest BCUT2D eigenvalue weighted by molar-refractivity contribution is -0.134. The average molecular weight is 381 g/mol. The van der Waals surface area contributed by atoms with Crippen molar-refractivity contribution >= 4 is 23.4 Å². The lowest BCUT2D eigenvalue weighted by Gasteiger charge is -2.20. The Labute approximate surface area is 158 Å². The summed E-state index contributed by atoms with van der Waals surface area (Å²) in [5.74, 6) is 0.0934. The summed E-state index contributed by atoms with van der Waals surface area (Å²) in [4.78, 5) is 26.9. The van der Waals surface area contributed by atoms with E-state index in [2.05, 4.69) is 5.32 Å². The topological polar surface area (TPSA) is 78.9 Å². The Bertz CT molecular complexity index is 676. The first-order valence-electron chi connectivity index (χ1n) is 9.19. The zero-order valence-electron chi connectivity index (χ0n) is 14.9. The number of hydrogen-bond acceptors (Lipinski definition) is 4. The van der Waals surface area contributed by atoms with Crippen LogP contribution in [0.1, 0.15) is 43.0 Å². The second-order valence-electron chi connectivity index (χ2n) is 6.93. The van der Waals surface area contributed by atoms with Crippen LogP contribution in [0.4, 0.5) is 0 Å². The van der Waals surface area contributed by atoms with Crippen LogP contribution in [0.25, 0.3) is 0 Å². The molecular weight excluding hydrogens is 356 g/mol. The van der Waals surface area contributed by atoms with E-state index in [1.807, 2.05) is 11.8 Å². The summed E-state index contributed by atoms with van der Waals surface area (Å²) in [6, 6.07) is 4.42. The Kier molecular flexibility index (Phi) is 6.04. The summed E-state index contributed by atoms with van der Waals surface area (Å²) >= 11 is 6.13. The van der Waals surface area contributed by atoms with Crippen LogP contribution in [-0.4, -0.2) is 53.7 Å². The van der Waals surface area contributed by atoms with Gasteiger partial charge in [-0.05, 0) is 50.8 Å². The SMILES string of the molecule is CCOc1ccc(C(=O)N[C@@H]2C[C@H](C(=O)N3CCCC3)C[C@H]2O)cc1Cl. The highest BCUT2D eigenvalue weighted by Gasteiger charge is 2.39. The number of nitrogens with one attached hydrogen (secondary N) is 1. The number of hydrogen-bond donors (Lipinski definition) is 2. The molecule has 1 saturated carbocycles. The summed E-state index contributed by atoms with van der Waals surface area (Å²) < 4.78 is 5.37. The molecule has 3 rings (SSSR count). The summed E-state index contributed by atoms with van der Waals surface area (Å²) in [6.45, 7) is 3.95. The second-order valence-corrected chi connectivity index (χ2v) is 7.33. The summed E-state index contributed by atoms with van der Waals surface area (Å²) in [5, 5.41) is 13.5. The predicted octanol–water partition coefficient (Wildman–Crippen LogP) is 2.23. The van der Waals surface area contributed by atoms with Crippen molar-refractivity contribution in [2.75, 3.05) is 19.7 Å². The van der Waals surface area contributed by atoms with Crippen LogP contribution in [0.15, 0.2) is 18.2 Å². The summed E-state index contributed by atoms with van der Waals surface area (Å²) in [7, 11) is 0. The van der Waals surface area contributed by atoms with Crippen LogP contribution in [0.3, 0.4) is 0 Å². The van der Waals surface area contributed by atoms with Gasteiger partial charge < -0.3 is 20.1 Å². The number of carbonyl (C=O) groups excluding carboxylic acids is 2. The number of aliphatic hydroxyl groups excluding tert-OH is 1. The molecular formula is C19H25ClN2O4. The third-order valence-corrected chi connectivity index (χ3v) is 5.40. The molecule has 0 bridgehead atoms. The fourth-order valence-corrected chi connectivity index (χ4v) is 3.97. The van der Waals surface area contributed by atoms with Crippen molar-refractivity contribution in [1.29, 1.82) is 0 Å². The fraction of sp³-hybridized carbons (Fsp3) is 0.579. The van der Waals surface area contributed by atoms with Crippen molar-refractivity contribution in [3.05, 3.63) is 28.8 Å². The number of ether oxygens (including phenoxy) is 1. The number of halogens is 1. The quantitative estimate of drug-likeness (QED) is 0.821. The summed E-state index contributed by atoms with van der Waals surface area (Å²) in [6.07, 6.45) is 2.23. The van der Waals surface area contributed by atoms with Crippen LogP contribution in [0, 0.1) is 5.92 Å². The minimum absolute atomic E-state index is 0.0995. The van der Waals surface area contributed by atoms with Gasteiger partial charge in [0.05, 0.1) is 23.8 Å². The highest BCUT2D eigenvalue weighted by Crippen LogP contribution is 2.30. The van der Waals surface area contributed by atoms with Crippen molar-refractivity contribution in [2.24, 2.45) is 5.92 Å².